The van der Waals surface area contributed by atoms with E-state index in [1.54, 1.807) is 0 Å². The van der Waals surface area contributed by atoms with Gasteiger partial charge in [-0.3, -0.25) is 4.79 Å². The van der Waals surface area contributed by atoms with E-state index in [-0.39, 0.29) is 10.8 Å². The molecule has 0 N–H and O–H groups in total. The highest BCUT2D eigenvalue weighted by molar-refractivity contribution is 6.30. The average molecular weight is 263 g/mol. The van der Waals surface area contributed by atoms with Crippen LogP contribution in [0.1, 0.15) is 51.0 Å². The maximum atomic E-state index is 12.7. The molecule has 0 radical (unpaired) electrons. The molecule has 2 aliphatic rings. The van der Waals surface area contributed by atoms with E-state index in [0.29, 0.717) is 11.7 Å². The van der Waals surface area contributed by atoms with Crippen molar-refractivity contribution in [1.82, 2.24) is 0 Å². The molecule has 2 fully saturated rings. The highest BCUT2D eigenvalue weighted by Crippen LogP contribution is 2.67. The molecular weight excluding hydrogens is 244 g/mol. The minimum absolute atomic E-state index is 0.0461. The van der Waals surface area contributed by atoms with Crippen LogP contribution in [0.2, 0.25) is 5.02 Å². The Morgan fingerprint density at radius 3 is 2.50 bits per heavy atom. The van der Waals surface area contributed by atoms with Crippen LogP contribution >= 0.6 is 11.6 Å². The molecule has 3 rings (SSSR count). The first kappa shape index (κ1) is 12.2. The van der Waals surface area contributed by atoms with Crippen molar-refractivity contribution in [3.8, 4) is 0 Å². The molecule has 2 heteroatoms. The number of carbonyl (C=O) groups is 1. The molecule has 0 heterocycles. The van der Waals surface area contributed by atoms with Crippen LogP contribution in [0.4, 0.5) is 0 Å². The molecule has 1 spiro atoms. The number of hydrogen-bond donors (Lipinski definition) is 0. The summed E-state index contributed by atoms with van der Waals surface area (Å²) in [6.45, 7) is 4.21. The summed E-state index contributed by atoms with van der Waals surface area (Å²) in [5, 5.41) is 0.767. The van der Waals surface area contributed by atoms with Crippen molar-refractivity contribution >= 4 is 17.4 Å². The Hall–Kier alpha value is -0.820. The van der Waals surface area contributed by atoms with E-state index in [1.165, 1.54) is 12.0 Å². The predicted octanol–water partition coefficient (Wildman–Crippen LogP) is 4.59. The molecule has 2 saturated carbocycles. The van der Waals surface area contributed by atoms with Gasteiger partial charge in [-0.1, -0.05) is 44.0 Å². The van der Waals surface area contributed by atoms with Crippen LogP contribution in [-0.4, -0.2) is 5.78 Å². The summed E-state index contributed by atoms with van der Waals surface area (Å²) >= 11 is 5.92. The van der Waals surface area contributed by atoms with Gasteiger partial charge in [-0.2, -0.15) is 0 Å². The van der Waals surface area contributed by atoms with Crippen LogP contribution in [0.15, 0.2) is 24.3 Å². The molecular formula is C16H19ClO. The van der Waals surface area contributed by atoms with Crippen molar-refractivity contribution in [1.29, 1.82) is 0 Å². The van der Waals surface area contributed by atoms with Crippen molar-refractivity contribution in [3.63, 3.8) is 0 Å². The highest BCUT2D eigenvalue weighted by atomic mass is 35.5. The van der Waals surface area contributed by atoms with Crippen LogP contribution in [0.5, 0.6) is 0 Å². The second-order valence-corrected chi connectivity index (χ2v) is 6.97. The van der Waals surface area contributed by atoms with Gasteiger partial charge in [0, 0.05) is 15.9 Å². The Balaban J connectivity index is 1.87. The molecule has 1 nitrogen and oxygen atoms in total. The molecule has 2 unspecified atom stereocenters. The van der Waals surface area contributed by atoms with Gasteiger partial charge in [0.05, 0.1) is 0 Å². The fraction of sp³-hybridized carbons (Fsp3) is 0.562. The third-order valence-corrected chi connectivity index (χ3v) is 5.09. The molecule has 2 atom stereocenters. The van der Waals surface area contributed by atoms with Gasteiger partial charge in [0.1, 0.15) is 5.78 Å². The SMILES string of the molecule is CC1(C)CCCC2(CC2c2ccc(Cl)cc2)C1=O. The fourth-order valence-electron chi connectivity index (χ4n) is 3.71. The van der Waals surface area contributed by atoms with E-state index >= 15 is 0 Å². The topological polar surface area (TPSA) is 17.1 Å². The smallest absolute Gasteiger partial charge is 0.145 e. The van der Waals surface area contributed by atoms with E-state index in [9.17, 15) is 4.79 Å². The Morgan fingerprint density at radius 1 is 1.17 bits per heavy atom. The second-order valence-electron chi connectivity index (χ2n) is 6.53. The number of Topliss-reactive ketones (excluding diaryl/α,β-unsaturated/α-hetero) is 1. The maximum absolute atomic E-state index is 12.7. The van der Waals surface area contributed by atoms with E-state index in [0.717, 1.165) is 24.3 Å². The molecule has 2 aliphatic carbocycles. The first-order chi connectivity index (χ1) is 8.46. The Kier molecular flexibility index (Phi) is 2.60. The number of halogens is 1. The van der Waals surface area contributed by atoms with Crippen LogP contribution in [-0.2, 0) is 4.79 Å². The van der Waals surface area contributed by atoms with E-state index in [1.807, 2.05) is 12.1 Å². The van der Waals surface area contributed by atoms with Gasteiger partial charge in [-0.15, -0.1) is 0 Å². The van der Waals surface area contributed by atoms with Gasteiger partial charge in [0.15, 0.2) is 0 Å². The lowest BCUT2D eigenvalue weighted by molar-refractivity contribution is -0.136. The number of benzene rings is 1. The van der Waals surface area contributed by atoms with Gasteiger partial charge in [-0.25, -0.2) is 0 Å². The van der Waals surface area contributed by atoms with Crippen molar-refractivity contribution in [3.05, 3.63) is 34.9 Å². The summed E-state index contributed by atoms with van der Waals surface area (Å²) < 4.78 is 0. The molecule has 0 saturated heterocycles. The van der Waals surface area contributed by atoms with Crippen molar-refractivity contribution in [2.24, 2.45) is 10.8 Å². The van der Waals surface area contributed by atoms with Gasteiger partial charge in [-0.05, 0) is 42.9 Å². The van der Waals surface area contributed by atoms with Crippen molar-refractivity contribution in [2.75, 3.05) is 0 Å². The van der Waals surface area contributed by atoms with Crippen molar-refractivity contribution < 1.29 is 4.79 Å². The third kappa shape index (κ3) is 1.72. The van der Waals surface area contributed by atoms with E-state index in [4.69, 9.17) is 11.6 Å². The van der Waals surface area contributed by atoms with Gasteiger partial charge >= 0.3 is 0 Å². The normalized spacial score (nSPS) is 33.7. The standard InChI is InChI=1S/C16H19ClO/c1-15(2)8-3-9-16(14(15)18)10-13(16)11-4-6-12(17)7-5-11/h4-7,13H,3,8-10H2,1-2H3. The highest BCUT2D eigenvalue weighted by Gasteiger charge is 2.63. The molecule has 0 aromatic heterocycles. The zero-order valence-corrected chi connectivity index (χ0v) is 11.8. The lowest BCUT2D eigenvalue weighted by Crippen LogP contribution is -2.37. The predicted molar refractivity (Wildman–Crippen MR) is 73.9 cm³/mol. The summed E-state index contributed by atoms with van der Waals surface area (Å²) in [6.07, 6.45) is 4.34. The molecule has 0 amide bonds. The Morgan fingerprint density at radius 2 is 1.83 bits per heavy atom. The summed E-state index contributed by atoms with van der Waals surface area (Å²) in [5.74, 6) is 0.919. The summed E-state index contributed by atoms with van der Waals surface area (Å²) in [7, 11) is 0. The lowest BCUT2D eigenvalue weighted by Gasteiger charge is -2.34. The molecule has 96 valence electrons. The Labute approximate surface area is 114 Å². The zero-order chi connectivity index (χ0) is 13.0. The maximum Gasteiger partial charge on any atom is 0.145 e. The average Bonchev–Trinajstić information content (AvgIpc) is 3.03. The third-order valence-electron chi connectivity index (χ3n) is 4.84. The first-order valence-electron chi connectivity index (χ1n) is 6.76. The fourth-order valence-corrected chi connectivity index (χ4v) is 3.84. The van der Waals surface area contributed by atoms with E-state index in [2.05, 4.69) is 26.0 Å². The minimum Gasteiger partial charge on any atom is -0.298 e. The number of ketones is 1. The monoisotopic (exact) mass is 262 g/mol. The second kappa shape index (κ2) is 3.84. The van der Waals surface area contributed by atoms with Gasteiger partial charge in [0.25, 0.3) is 0 Å². The largest absolute Gasteiger partial charge is 0.298 e. The zero-order valence-electron chi connectivity index (χ0n) is 11.0. The summed E-state index contributed by atoms with van der Waals surface area (Å²) in [6, 6.07) is 8.02. The van der Waals surface area contributed by atoms with Crippen molar-refractivity contribution in [2.45, 2.75) is 45.4 Å². The molecule has 0 aliphatic heterocycles. The Bertz CT molecular complexity index is 488. The quantitative estimate of drug-likeness (QED) is 0.723. The summed E-state index contributed by atoms with van der Waals surface area (Å²) in [4.78, 5) is 12.7. The number of carbonyl (C=O) groups excluding carboxylic acids is 1. The van der Waals surface area contributed by atoms with Gasteiger partial charge in [0.2, 0.25) is 0 Å². The minimum atomic E-state index is -0.126. The van der Waals surface area contributed by atoms with Crippen LogP contribution in [0, 0.1) is 10.8 Å². The summed E-state index contributed by atoms with van der Waals surface area (Å²) in [5.41, 5.74) is 1.11. The molecule has 18 heavy (non-hydrogen) atoms. The van der Waals surface area contributed by atoms with Gasteiger partial charge < -0.3 is 0 Å². The molecule has 1 aromatic rings. The van der Waals surface area contributed by atoms with Crippen LogP contribution in [0.25, 0.3) is 0 Å². The first-order valence-corrected chi connectivity index (χ1v) is 7.14. The lowest BCUT2D eigenvalue weighted by atomic mass is 9.68. The van der Waals surface area contributed by atoms with Crippen LogP contribution < -0.4 is 0 Å². The van der Waals surface area contributed by atoms with E-state index < -0.39 is 0 Å². The molecule has 1 aromatic carbocycles. The molecule has 0 bridgehead atoms. The number of hydrogen-bond acceptors (Lipinski definition) is 1. The number of rotatable bonds is 1. The van der Waals surface area contributed by atoms with Crippen LogP contribution in [0.3, 0.4) is 0 Å².